The first-order valence-corrected chi connectivity index (χ1v) is 8.92. The molecule has 5 heteroatoms. The van der Waals surface area contributed by atoms with E-state index in [0.717, 1.165) is 45.1 Å². The Balaban J connectivity index is 1.95. The molecule has 2 fully saturated rings. The van der Waals surface area contributed by atoms with Crippen molar-refractivity contribution >= 4 is 9.84 Å². The lowest BCUT2D eigenvalue weighted by molar-refractivity contribution is -0.0879. The molecule has 0 aromatic carbocycles. The minimum atomic E-state index is -2.97. The number of hydrogen-bond donors (Lipinski definition) is 1. The third kappa shape index (κ3) is 3.45. The molecule has 2 aliphatic rings. The van der Waals surface area contributed by atoms with Gasteiger partial charge in [0.1, 0.15) is 9.84 Å². The molecule has 0 aromatic heterocycles. The molecular formula is C13H24O4S. The summed E-state index contributed by atoms with van der Waals surface area (Å²) >= 11 is 0. The first-order valence-electron chi connectivity index (χ1n) is 6.97. The Hall–Kier alpha value is -0.130. The molecule has 2 rings (SSSR count). The SMILES string of the molecule is CS(=O)(=O)C1CCCC(C(O)C2CCCCO2)C1. The molecule has 1 aliphatic heterocycles. The quantitative estimate of drug-likeness (QED) is 0.849. The lowest BCUT2D eigenvalue weighted by Crippen LogP contribution is -2.41. The Morgan fingerprint density at radius 2 is 1.94 bits per heavy atom. The van der Waals surface area contributed by atoms with Crippen LogP contribution in [0.25, 0.3) is 0 Å². The van der Waals surface area contributed by atoms with Crippen molar-refractivity contribution in [2.45, 2.75) is 62.4 Å². The molecule has 1 heterocycles. The summed E-state index contributed by atoms with van der Waals surface area (Å²) in [4.78, 5) is 0. The molecule has 4 unspecified atom stereocenters. The monoisotopic (exact) mass is 276 g/mol. The highest BCUT2D eigenvalue weighted by atomic mass is 32.2. The van der Waals surface area contributed by atoms with E-state index in [4.69, 9.17) is 4.74 Å². The second-order valence-corrected chi connectivity index (χ2v) is 8.10. The number of rotatable bonds is 3. The van der Waals surface area contributed by atoms with Gasteiger partial charge in [0.2, 0.25) is 0 Å². The van der Waals surface area contributed by atoms with E-state index in [2.05, 4.69) is 0 Å². The summed E-state index contributed by atoms with van der Waals surface area (Å²) < 4.78 is 28.9. The molecule has 18 heavy (non-hydrogen) atoms. The van der Waals surface area contributed by atoms with Crippen LogP contribution in [0.5, 0.6) is 0 Å². The van der Waals surface area contributed by atoms with Gasteiger partial charge in [-0.2, -0.15) is 0 Å². The lowest BCUT2D eigenvalue weighted by Gasteiger charge is -2.36. The van der Waals surface area contributed by atoms with Crippen LogP contribution in [-0.2, 0) is 14.6 Å². The predicted octanol–water partition coefficient (Wildman–Crippen LogP) is 1.52. The molecule has 0 amide bonds. The number of sulfone groups is 1. The van der Waals surface area contributed by atoms with Crippen LogP contribution in [-0.4, -0.2) is 43.8 Å². The largest absolute Gasteiger partial charge is 0.390 e. The van der Waals surface area contributed by atoms with Crippen LogP contribution in [0.15, 0.2) is 0 Å². The molecule has 106 valence electrons. The molecule has 0 aromatic rings. The van der Waals surface area contributed by atoms with Gasteiger partial charge in [-0.1, -0.05) is 6.42 Å². The molecule has 1 saturated heterocycles. The van der Waals surface area contributed by atoms with E-state index in [9.17, 15) is 13.5 Å². The van der Waals surface area contributed by atoms with Crippen molar-refractivity contribution in [3.05, 3.63) is 0 Å². The number of ether oxygens (including phenoxy) is 1. The van der Waals surface area contributed by atoms with Gasteiger partial charge in [-0.25, -0.2) is 8.42 Å². The van der Waals surface area contributed by atoms with Crippen molar-refractivity contribution in [3.8, 4) is 0 Å². The van der Waals surface area contributed by atoms with Crippen LogP contribution >= 0.6 is 0 Å². The summed E-state index contributed by atoms with van der Waals surface area (Å²) in [7, 11) is -2.97. The summed E-state index contributed by atoms with van der Waals surface area (Å²) in [6.07, 6.45) is 6.97. The van der Waals surface area contributed by atoms with Gasteiger partial charge in [0.15, 0.2) is 0 Å². The Kier molecular flexibility index (Phi) is 4.67. The van der Waals surface area contributed by atoms with Gasteiger partial charge in [-0.15, -0.1) is 0 Å². The van der Waals surface area contributed by atoms with Crippen molar-refractivity contribution < 1.29 is 18.3 Å². The molecule has 1 saturated carbocycles. The van der Waals surface area contributed by atoms with E-state index in [1.807, 2.05) is 0 Å². The fourth-order valence-electron chi connectivity index (χ4n) is 3.22. The maximum atomic E-state index is 11.6. The average molecular weight is 276 g/mol. The number of aliphatic hydroxyl groups excluding tert-OH is 1. The van der Waals surface area contributed by atoms with E-state index in [1.165, 1.54) is 6.26 Å². The minimum absolute atomic E-state index is 0.0814. The van der Waals surface area contributed by atoms with Gasteiger partial charge < -0.3 is 9.84 Å². The first-order chi connectivity index (χ1) is 8.48. The fourth-order valence-corrected chi connectivity index (χ4v) is 4.41. The second kappa shape index (κ2) is 5.88. The van der Waals surface area contributed by atoms with Crippen molar-refractivity contribution in [3.63, 3.8) is 0 Å². The van der Waals surface area contributed by atoms with Crippen molar-refractivity contribution in [1.82, 2.24) is 0 Å². The Morgan fingerprint density at radius 1 is 1.17 bits per heavy atom. The summed E-state index contributed by atoms with van der Waals surface area (Å²) in [5.74, 6) is 0.0848. The summed E-state index contributed by atoms with van der Waals surface area (Å²) in [6, 6.07) is 0. The highest BCUT2D eigenvalue weighted by Gasteiger charge is 2.36. The lowest BCUT2D eigenvalue weighted by atomic mass is 9.82. The first kappa shape index (κ1) is 14.3. The molecular weight excluding hydrogens is 252 g/mol. The van der Waals surface area contributed by atoms with Crippen LogP contribution < -0.4 is 0 Å². The zero-order valence-electron chi connectivity index (χ0n) is 11.0. The smallest absolute Gasteiger partial charge is 0.150 e. The van der Waals surface area contributed by atoms with Gasteiger partial charge in [0, 0.05) is 12.9 Å². The minimum Gasteiger partial charge on any atom is -0.390 e. The van der Waals surface area contributed by atoms with Gasteiger partial charge >= 0.3 is 0 Å². The fraction of sp³-hybridized carbons (Fsp3) is 1.00. The molecule has 0 bridgehead atoms. The molecule has 0 radical (unpaired) electrons. The standard InChI is InChI=1S/C13H24O4S/c1-18(15,16)11-6-4-5-10(9-11)13(14)12-7-2-3-8-17-12/h10-14H,2-9H2,1H3. The third-order valence-electron chi connectivity index (χ3n) is 4.35. The third-order valence-corrected chi connectivity index (χ3v) is 5.99. The van der Waals surface area contributed by atoms with Gasteiger partial charge in [-0.05, 0) is 44.4 Å². The van der Waals surface area contributed by atoms with E-state index in [1.54, 1.807) is 0 Å². The normalized spacial score (nSPS) is 36.2. The molecule has 4 atom stereocenters. The second-order valence-electron chi connectivity index (χ2n) is 5.77. The zero-order chi connectivity index (χ0) is 13.2. The topological polar surface area (TPSA) is 63.6 Å². The number of hydrogen-bond acceptors (Lipinski definition) is 4. The van der Waals surface area contributed by atoms with Crippen LogP contribution in [0, 0.1) is 5.92 Å². The maximum Gasteiger partial charge on any atom is 0.150 e. The van der Waals surface area contributed by atoms with E-state index < -0.39 is 15.9 Å². The predicted molar refractivity (Wildman–Crippen MR) is 70.2 cm³/mol. The summed E-state index contributed by atoms with van der Waals surface area (Å²) in [5, 5.41) is 10.1. The van der Waals surface area contributed by atoms with Crippen LogP contribution in [0.3, 0.4) is 0 Å². The van der Waals surface area contributed by atoms with Crippen molar-refractivity contribution in [1.29, 1.82) is 0 Å². The van der Waals surface area contributed by atoms with E-state index in [0.29, 0.717) is 6.42 Å². The van der Waals surface area contributed by atoms with Crippen LogP contribution in [0.4, 0.5) is 0 Å². The Bertz CT molecular complexity index is 359. The Morgan fingerprint density at radius 3 is 2.56 bits per heavy atom. The molecule has 1 aliphatic carbocycles. The Labute approximate surface area is 110 Å². The van der Waals surface area contributed by atoms with Gasteiger partial charge in [0.25, 0.3) is 0 Å². The van der Waals surface area contributed by atoms with Crippen molar-refractivity contribution in [2.24, 2.45) is 5.92 Å². The van der Waals surface area contributed by atoms with Gasteiger partial charge in [0.05, 0.1) is 17.5 Å². The average Bonchev–Trinajstić information content (AvgIpc) is 2.38. The van der Waals surface area contributed by atoms with Crippen LogP contribution in [0.1, 0.15) is 44.9 Å². The van der Waals surface area contributed by atoms with Gasteiger partial charge in [-0.3, -0.25) is 0 Å². The maximum absolute atomic E-state index is 11.6. The van der Waals surface area contributed by atoms with Crippen LogP contribution in [0.2, 0.25) is 0 Å². The van der Waals surface area contributed by atoms with Crippen molar-refractivity contribution in [2.75, 3.05) is 12.9 Å². The van der Waals surface area contributed by atoms with E-state index >= 15 is 0 Å². The molecule has 1 N–H and O–H groups in total. The molecule has 0 spiro atoms. The summed E-state index contributed by atoms with van der Waals surface area (Å²) in [6.45, 7) is 0.726. The highest BCUT2D eigenvalue weighted by Crippen LogP contribution is 2.33. The molecule has 4 nitrogen and oxygen atoms in total. The van der Waals surface area contributed by atoms with E-state index in [-0.39, 0.29) is 17.3 Å². The highest BCUT2D eigenvalue weighted by molar-refractivity contribution is 7.91. The zero-order valence-corrected chi connectivity index (χ0v) is 11.9. The summed E-state index contributed by atoms with van der Waals surface area (Å²) in [5.41, 5.74) is 0. The number of aliphatic hydroxyl groups is 1.